The van der Waals surface area contributed by atoms with Gasteiger partial charge in [0.05, 0.1) is 0 Å². The second-order valence-corrected chi connectivity index (χ2v) is 4.99. The maximum atomic E-state index is 12.0. The number of nitrogens with two attached hydrogens (primary N) is 1. The summed E-state index contributed by atoms with van der Waals surface area (Å²) in [4.78, 5) is 4.26. The van der Waals surface area contributed by atoms with E-state index in [9.17, 15) is 13.2 Å². The number of hydrogen-bond acceptors (Lipinski definition) is 4. The monoisotopic (exact) mass is 373 g/mol. The summed E-state index contributed by atoms with van der Waals surface area (Å²) in [6, 6.07) is 5.48. The first-order valence-corrected chi connectivity index (χ1v) is 6.76. The van der Waals surface area contributed by atoms with Crippen molar-refractivity contribution < 1.29 is 17.9 Å². The lowest BCUT2D eigenvalue weighted by atomic mass is 10.1. The van der Waals surface area contributed by atoms with Gasteiger partial charge in [-0.15, -0.1) is 24.8 Å². The standard InChI is InChI=1S/C14H18F3N3O.2ClH/c1-9-13(18)20-11-7-10(3-4-12(11)21-9)8-19-6-2-5-14(15,16)17;;/h3-4,7,9,19H,2,5-6,8H2,1H3,(H2,18,20);2*1H/t9-;;/m1../s1. The molecular formula is C14H20Cl2F3N3O. The molecule has 132 valence electrons. The number of aliphatic imine (C=N–C) groups is 1. The Morgan fingerprint density at radius 2 is 2.00 bits per heavy atom. The number of nitrogens with one attached hydrogen (secondary N) is 1. The molecule has 0 aromatic heterocycles. The Morgan fingerprint density at radius 3 is 2.65 bits per heavy atom. The predicted molar refractivity (Wildman–Crippen MR) is 89.3 cm³/mol. The molecule has 1 aliphatic heterocycles. The number of nitrogens with zero attached hydrogens (tertiary/aromatic N) is 1. The third-order valence-corrected chi connectivity index (χ3v) is 3.14. The van der Waals surface area contributed by atoms with Crippen LogP contribution in [0.1, 0.15) is 25.3 Å². The molecule has 1 atom stereocenters. The fourth-order valence-corrected chi connectivity index (χ4v) is 1.99. The van der Waals surface area contributed by atoms with E-state index in [2.05, 4.69) is 10.3 Å². The first-order valence-electron chi connectivity index (χ1n) is 6.76. The highest BCUT2D eigenvalue weighted by molar-refractivity contribution is 5.89. The Hall–Kier alpha value is -1.18. The molecule has 0 spiro atoms. The number of hydrogen-bond donors (Lipinski definition) is 2. The minimum atomic E-state index is -4.09. The molecule has 0 saturated heterocycles. The Labute approximate surface area is 145 Å². The van der Waals surface area contributed by atoms with Gasteiger partial charge in [0.25, 0.3) is 0 Å². The van der Waals surface area contributed by atoms with Gasteiger partial charge in [-0.25, -0.2) is 4.99 Å². The average Bonchev–Trinajstić information content (AvgIpc) is 2.38. The fourth-order valence-electron chi connectivity index (χ4n) is 1.99. The lowest BCUT2D eigenvalue weighted by Gasteiger charge is -2.21. The molecule has 1 aromatic rings. The quantitative estimate of drug-likeness (QED) is 0.773. The van der Waals surface area contributed by atoms with Gasteiger partial charge in [-0.3, -0.25) is 0 Å². The van der Waals surface area contributed by atoms with Crippen LogP contribution < -0.4 is 15.8 Å². The maximum Gasteiger partial charge on any atom is 0.389 e. The minimum Gasteiger partial charge on any atom is -0.481 e. The lowest BCUT2D eigenvalue weighted by molar-refractivity contribution is -0.135. The smallest absolute Gasteiger partial charge is 0.389 e. The van der Waals surface area contributed by atoms with E-state index in [0.717, 1.165) is 5.56 Å². The zero-order valence-electron chi connectivity index (χ0n) is 12.5. The fraction of sp³-hybridized carbons (Fsp3) is 0.500. The SMILES string of the molecule is C[C@H]1Oc2ccc(CNCCCC(F)(F)F)cc2N=C1N.Cl.Cl. The van der Waals surface area contributed by atoms with Crippen LogP contribution in [-0.4, -0.2) is 24.7 Å². The van der Waals surface area contributed by atoms with E-state index in [1.165, 1.54) is 0 Å². The van der Waals surface area contributed by atoms with Gasteiger partial charge in [0, 0.05) is 13.0 Å². The summed E-state index contributed by atoms with van der Waals surface area (Å²) in [5.74, 6) is 1.08. The van der Waals surface area contributed by atoms with Gasteiger partial charge < -0.3 is 15.8 Å². The number of benzene rings is 1. The van der Waals surface area contributed by atoms with Gasteiger partial charge in [-0.2, -0.15) is 13.2 Å². The van der Waals surface area contributed by atoms with Crippen LogP contribution in [0.3, 0.4) is 0 Å². The van der Waals surface area contributed by atoms with Crippen LogP contribution in [-0.2, 0) is 6.54 Å². The van der Waals surface area contributed by atoms with Crippen LogP contribution in [0.5, 0.6) is 5.75 Å². The first-order chi connectivity index (χ1) is 9.85. The number of alkyl halides is 3. The molecule has 0 amide bonds. The normalized spacial score (nSPS) is 16.3. The molecule has 0 unspecified atom stereocenters. The van der Waals surface area contributed by atoms with Crippen LogP contribution in [0.2, 0.25) is 0 Å². The van der Waals surface area contributed by atoms with Crippen molar-refractivity contribution in [2.45, 2.75) is 38.6 Å². The van der Waals surface area contributed by atoms with Crippen LogP contribution in [0.25, 0.3) is 0 Å². The molecular weight excluding hydrogens is 354 g/mol. The van der Waals surface area contributed by atoms with E-state index < -0.39 is 12.6 Å². The summed E-state index contributed by atoms with van der Waals surface area (Å²) in [5, 5.41) is 2.98. The molecule has 1 heterocycles. The molecule has 9 heteroatoms. The van der Waals surface area contributed by atoms with Gasteiger partial charge in [-0.05, 0) is 37.6 Å². The summed E-state index contributed by atoms with van der Waals surface area (Å²) in [7, 11) is 0. The second kappa shape index (κ2) is 9.20. The number of halogens is 5. The molecule has 0 fully saturated rings. The Morgan fingerprint density at radius 1 is 1.30 bits per heavy atom. The van der Waals surface area contributed by atoms with E-state index in [-0.39, 0.29) is 37.3 Å². The summed E-state index contributed by atoms with van der Waals surface area (Å²) in [6.07, 6.45) is -5.03. The van der Waals surface area contributed by atoms with Gasteiger partial charge in [0.2, 0.25) is 0 Å². The average molecular weight is 374 g/mol. The highest BCUT2D eigenvalue weighted by atomic mass is 35.5. The van der Waals surface area contributed by atoms with Crippen molar-refractivity contribution in [3.8, 4) is 5.75 Å². The van der Waals surface area contributed by atoms with E-state index in [1.807, 2.05) is 19.1 Å². The molecule has 0 radical (unpaired) electrons. The van der Waals surface area contributed by atoms with E-state index in [4.69, 9.17) is 10.5 Å². The van der Waals surface area contributed by atoms with Crippen molar-refractivity contribution in [1.82, 2.24) is 5.32 Å². The molecule has 2 rings (SSSR count). The number of fused-ring (bicyclic) bond motifs is 1. The molecule has 0 bridgehead atoms. The van der Waals surface area contributed by atoms with Crippen molar-refractivity contribution >= 4 is 36.3 Å². The van der Waals surface area contributed by atoms with Crippen molar-refractivity contribution in [2.24, 2.45) is 10.7 Å². The molecule has 4 nitrogen and oxygen atoms in total. The van der Waals surface area contributed by atoms with Crippen molar-refractivity contribution in [3.05, 3.63) is 23.8 Å². The third kappa shape index (κ3) is 6.85. The zero-order chi connectivity index (χ0) is 15.5. The zero-order valence-corrected chi connectivity index (χ0v) is 14.2. The summed E-state index contributed by atoms with van der Waals surface area (Å²) < 4.78 is 41.6. The van der Waals surface area contributed by atoms with Crippen LogP contribution in [0.15, 0.2) is 23.2 Å². The number of ether oxygens (including phenoxy) is 1. The largest absolute Gasteiger partial charge is 0.481 e. The van der Waals surface area contributed by atoms with Gasteiger partial charge in [0.15, 0.2) is 6.10 Å². The van der Waals surface area contributed by atoms with E-state index in [1.54, 1.807) is 6.07 Å². The highest BCUT2D eigenvalue weighted by Crippen LogP contribution is 2.32. The molecule has 3 N–H and O–H groups in total. The van der Waals surface area contributed by atoms with Crippen molar-refractivity contribution in [1.29, 1.82) is 0 Å². The Balaban J connectivity index is 0.00000242. The number of amidine groups is 1. The van der Waals surface area contributed by atoms with Gasteiger partial charge in [0.1, 0.15) is 17.3 Å². The third-order valence-electron chi connectivity index (χ3n) is 3.14. The number of rotatable bonds is 5. The Bertz CT molecular complexity index is 538. The van der Waals surface area contributed by atoms with E-state index >= 15 is 0 Å². The van der Waals surface area contributed by atoms with Crippen molar-refractivity contribution in [3.63, 3.8) is 0 Å². The predicted octanol–water partition coefficient (Wildman–Crippen LogP) is 3.73. The molecule has 1 aliphatic rings. The van der Waals surface area contributed by atoms with Crippen molar-refractivity contribution in [2.75, 3.05) is 6.54 Å². The molecule has 1 aromatic carbocycles. The minimum absolute atomic E-state index is 0. The topological polar surface area (TPSA) is 59.6 Å². The maximum absolute atomic E-state index is 12.0. The summed E-state index contributed by atoms with van der Waals surface area (Å²) >= 11 is 0. The van der Waals surface area contributed by atoms with Gasteiger partial charge in [-0.1, -0.05) is 6.07 Å². The molecule has 0 aliphatic carbocycles. The summed E-state index contributed by atoms with van der Waals surface area (Å²) in [5.41, 5.74) is 7.31. The van der Waals surface area contributed by atoms with Crippen LogP contribution >= 0.6 is 24.8 Å². The lowest BCUT2D eigenvalue weighted by Crippen LogP contribution is -2.33. The second-order valence-electron chi connectivity index (χ2n) is 4.99. The highest BCUT2D eigenvalue weighted by Gasteiger charge is 2.25. The Kier molecular flexibility index (Phi) is 8.73. The van der Waals surface area contributed by atoms with Crippen LogP contribution in [0.4, 0.5) is 18.9 Å². The van der Waals surface area contributed by atoms with Gasteiger partial charge >= 0.3 is 6.18 Å². The van der Waals surface area contributed by atoms with Crippen LogP contribution in [0, 0.1) is 0 Å². The summed E-state index contributed by atoms with van der Waals surface area (Å²) in [6.45, 7) is 2.61. The molecule has 0 saturated carbocycles. The first kappa shape index (κ1) is 21.8. The molecule has 23 heavy (non-hydrogen) atoms. The van der Waals surface area contributed by atoms with E-state index in [0.29, 0.717) is 30.4 Å².